The molecule has 0 amide bonds. The van der Waals surface area contributed by atoms with Crippen molar-refractivity contribution in [3.63, 3.8) is 0 Å². The second kappa shape index (κ2) is 7.37. The van der Waals surface area contributed by atoms with Crippen molar-refractivity contribution in [1.29, 1.82) is 5.26 Å². The molecule has 1 saturated heterocycles. The number of methoxy groups -OCH3 is 1. The van der Waals surface area contributed by atoms with Crippen molar-refractivity contribution in [2.45, 2.75) is 24.9 Å². The van der Waals surface area contributed by atoms with Gasteiger partial charge in [-0.3, -0.25) is 4.90 Å². The number of para-hydroxylation sites is 2. The lowest BCUT2D eigenvalue weighted by Gasteiger charge is -2.38. The number of rotatable bonds is 5. The normalized spacial score (nSPS) is 17.0. The minimum absolute atomic E-state index is 0.526. The summed E-state index contributed by atoms with van der Waals surface area (Å²) in [5.41, 5.74) is 1.68. The molecular formula is C20H23N3O. The Hall–Kier alpha value is -2.51. The van der Waals surface area contributed by atoms with E-state index >= 15 is 0 Å². The van der Waals surface area contributed by atoms with Crippen LogP contribution in [0.4, 0.5) is 5.69 Å². The Morgan fingerprint density at radius 2 is 1.75 bits per heavy atom. The zero-order chi connectivity index (χ0) is 16.8. The van der Waals surface area contributed by atoms with Crippen LogP contribution in [0.5, 0.6) is 5.75 Å². The molecule has 0 aromatic heterocycles. The molecule has 0 radical (unpaired) electrons. The summed E-state index contributed by atoms with van der Waals surface area (Å²) < 4.78 is 5.39. The fourth-order valence-corrected chi connectivity index (χ4v) is 3.20. The average Bonchev–Trinajstić information content (AvgIpc) is 2.65. The molecule has 0 spiro atoms. The SMILES string of the molecule is COc1ccccc1NC1(C#N)CCN(Cc2ccccc2)CC1. The van der Waals surface area contributed by atoms with Gasteiger partial charge in [0.1, 0.15) is 11.3 Å². The molecule has 2 aromatic carbocycles. The Kier molecular flexibility index (Phi) is 5.02. The van der Waals surface area contributed by atoms with E-state index in [4.69, 9.17) is 4.74 Å². The lowest BCUT2D eigenvalue weighted by molar-refractivity contribution is 0.189. The summed E-state index contributed by atoms with van der Waals surface area (Å²) in [6.45, 7) is 2.76. The first-order valence-corrected chi connectivity index (χ1v) is 8.33. The number of benzene rings is 2. The van der Waals surface area contributed by atoms with E-state index in [0.717, 1.165) is 43.9 Å². The lowest BCUT2D eigenvalue weighted by atomic mass is 9.88. The second-order valence-electron chi connectivity index (χ2n) is 6.28. The van der Waals surface area contributed by atoms with Gasteiger partial charge in [-0.15, -0.1) is 0 Å². The standard InChI is InChI=1S/C20H23N3O/c1-24-19-10-6-5-9-18(19)22-20(16-21)11-13-23(14-12-20)15-17-7-3-2-4-8-17/h2-10,22H,11-15H2,1H3. The van der Waals surface area contributed by atoms with Gasteiger partial charge in [0.05, 0.1) is 18.9 Å². The molecule has 124 valence electrons. The molecule has 0 saturated carbocycles. The van der Waals surface area contributed by atoms with Crippen molar-refractivity contribution in [3.05, 3.63) is 60.2 Å². The molecule has 3 rings (SSSR count). The molecule has 1 N–H and O–H groups in total. The maximum atomic E-state index is 9.77. The number of anilines is 1. The van der Waals surface area contributed by atoms with Crippen LogP contribution in [0.1, 0.15) is 18.4 Å². The van der Waals surface area contributed by atoms with Crippen LogP contribution in [-0.4, -0.2) is 30.6 Å². The predicted molar refractivity (Wildman–Crippen MR) is 95.9 cm³/mol. The van der Waals surface area contributed by atoms with Gasteiger partial charge in [-0.2, -0.15) is 5.26 Å². The topological polar surface area (TPSA) is 48.3 Å². The van der Waals surface area contributed by atoms with Crippen LogP contribution < -0.4 is 10.1 Å². The number of hydrogen-bond acceptors (Lipinski definition) is 4. The minimum Gasteiger partial charge on any atom is -0.495 e. The quantitative estimate of drug-likeness (QED) is 0.913. The summed E-state index contributed by atoms with van der Waals surface area (Å²) in [6.07, 6.45) is 1.60. The van der Waals surface area contributed by atoms with Crippen LogP contribution in [0, 0.1) is 11.3 Å². The van der Waals surface area contributed by atoms with Gasteiger partial charge in [0.15, 0.2) is 0 Å². The number of likely N-dealkylation sites (tertiary alicyclic amines) is 1. The Morgan fingerprint density at radius 1 is 1.08 bits per heavy atom. The zero-order valence-electron chi connectivity index (χ0n) is 14.0. The molecule has 2 aromatic rings. The van der Waals surface area contributed by atoms with Crippen LogP contribution in [0.25, 0.3) is 0 Å². The third-order valence-corrected chi connectivity index (χ3v) is 4.65. The van der Waals surface area contributed by atoms with Gasteiger partial charge in [0.2, 0.25) is 0 Å². The first kappa shape index (κ1) is 16.4. The first-order valence-electron chi connectivity index (χ1n) is 8.33. The molecule has 1 aliphatic rings. The lowest BCUT2D eigenvalue weighted by Crippen LogP contribution is -2.48. The maximum Gasteiger partial charge on any atom is 0.141 e. The van der Waals surface area contributed by atoms with Crippen molar-refractivity contribution in [2.75, 3.05) is 25.5 Å². The van der Waals surface area contributed by atoms with E-state index in [1.807, 2.05) is 30.3 Å². The van der Waals surface area contributed by atoms with E-state index < -0.39 is 5.54 Å². The van der Waals surface area contributed by atoms with Crippen molar-refractivity contribution < 1.29 is 4.74 Å². The van der Waals surface area contributed by atoms with E-state index in [1.54, 1.807) is 7.11 Å². The highest BCUT2D eigenvalue weighted by Crippen LogP contribution is 2.32. The number of piperidine rings is 1. The van der Waals surface area contributed by atoms with E-state index in [-0.39, 0.29) is 0 Å². The van der Waals surface area contributed by atoms with Crippen molar-refractivity contribution in [1.82, 2.24) is 4.90 Å². The molecule has 4 heteroatoms. The Balaban J connectivity index is 1.65. The second-order valence-corrected chi connectivity index (χ2v) is 6.28. The highest BCUT2D eigenvalue weighted by atomic mass is 16.5. The number of nitrogens with zero attached hydrogens (tertiary/aromatic N) is 2. The van der Waals surface area contributed by atoms with Gasteiger partial charge in [-0.05, 0) is 30.5 Å². The summed E-state index contributed by atoms with van der Waals surface area (Å²) >= 11 is 0. The van der Waals surface area contributed by atoms with Crippen molar-refractivity contribution >= 4 is 5.69 Å². The molecular weight excluding hydrogens is 298 g/mol. The molecule has 0 atom stereocenters. The predicted octanol–water partition coefficient (Wildman–Crippen LogP) is 3.67. The van der Waals surface area contributed by atoms with Crippen LogP contribution in [0.15, 0.2) is 54.6 Å². The highest BCUT2D eigenvalue weighted by molar-refractivity contribution is 5.59. The van der Waals surface area contributed by atoms with Crippen LogP contribution in [0.2, 0.25) is 0 Å². The summed E-state index contributed by atoms with van der Waals surface area (Å²) in [6, 6.07) is 20.8. The molecule has 1 aliphatic heterocycles. The molecule has 0 bridgehead atoms. The van der Waals surface area contributed by atoms with Gasteiger partial charge in [0.25, 0.3) is 0 Å². The monoisotopic (exact) mass is 321 g/mol. The smallest absolute Gasteiger partial charge is 0.141 e. The van der Waals surface area contributed by atoms with E-state index in [0.29, 0.717) is 0 Å². The highest BCUT2D eigenvalue weighted by Gasteiger charge is 2.35. The van der Waals surface area contributed by atoms with Gasteiger partial charge >= 0.3 is 0 Å². The summed E-state index contributed by atoms with van der Waals surface area (Å²) in [5.74, 6) is 0.777. The number of nitrogens with one attached hydrogen (secondary N) is 1. The first-order chi connectivity index (χ1) is 11.7. The van der Waals surface area contributed by atoms with E-state index in [1.165, 1.54) is 5.56 Å². The van der Waals surface area contributed by atoms with Crippen molar-refractivity contribution in [2.24, 2.45) is 0 Å². The van der Waals surface area contributed by atoms with Gasteiger partial charge < -0.3 is 10.1 Å². The van der Waals surface area contributed by atoms with Gasteiger partial charge in [-0.25, -0.2) is 0 Å². The van der Waals surface area contributed by atoms with Crippen LogP contribution in [0.3, 0.4) is 0 Å². The molecule has 1 heterocycles. The van der Waals surface area contributed by atoms with E-state index in [2.05, 4.69) is 40.6 Å². The number of hydrogen-bond donors (Lipinski definition) is 1. The molecule has 24 heavy (non-hydrogen) atoms. The fraction of sp³-hybridized carbons (Fsp3) is 0.350. The molecule has 0 unspecified atom stereocenters. The average molecular weight is 321 g/mol. The Morgan fingerprint density at radius 3 is 2.42 bits per heavy atom. The van der Waals surface area contributed by atoms with Crippen LogP contribution >= 0.6 is 0 Å². The summed E-state index contributed by atoms with van der Waals surface area (Å²) in [4.78, 5) is 2.41. The Bertz CT molecular complexity index is 700. The Labute approximate surface area is 143 Å². The fourth-order valence-electron chi connectivity index (χ4n) is 3.20. The third-order valence-electron chi connectivity index (χ3n) is 4.65. The van der Waals surface area contributed by atoms with Crippen molar-refractivity contribution in [3.8, 4) is 11.8 Å². The molecule has 1 fully saturated rings. The summed E-state index contributed by atoms with van der Waals surface area (Å²) in [7, 11) is 1.65. The van der Waals surface area contributed by atoms with Gasteiger partial charge in [-0.1, -0.05) is 42.5 Å². The molecule has 4 nitrogen and oxygen atoms in total. The number of nitriles is 1. The maximum absolute atomic E-state index is 9.77. The molecule has 0 aliphatic carbocycles. The number of ether oxygens (including phenoxy) is 1. The van der Waals surface area contributed by atoms with E-state index in [9.17, 15) is 5.26 Å². The van der Waals surface area contributed by atoms with Gasteiger partial charge in [0, 0.05) is 19.6 Å². The minimum atomic E-state index is -0.526. The van der Waals surface area contributed by atoms with Crippen LogP contribution in [-0.2, 0) is 6.54 Å². The zero-order valence-corrected chi connectivity index (χ0v) is 14.0. The largest absolute Gasteiger partial charge is 0.495 e. The summed E-state index contributed by atoms with van der Waals surface area (Å²) in [5, 5.41) is 13.2. The third kappa shape index (κ3) is 3.69.